The Bertz CT molecular complexity index is 653. The lowest BCUT2D eigenvalue weighted by Gasteiger charge is -2.05. The summed E-state index contributed by atoms with van der Waals surface area (Å²) in [7, 11) is 0. The molecule has 102 valence electrons. The van der Waals surface area contributed by atoms with Crippen molar-refractivity contribution in [3.8, 4) is 0 Å². The van der Waals surface area contributed by atoms with Gasteiger partial charge in [0, 0.05) is 11.8 Å². The molecule has 0 spiro atoms. The highest BCUT2D eigenvalue weighted by Gasteiger charge is 2.03. The topological polar surface area (TPSA) is 55.1 Å². The summed E-state index contributed by atoms with van der Waals surface area (Å²) in [5, 5.41) is 3.00. The van der Waals surface area contributed by atoms with Gasteiger partial charge in [0.2, 0.25) is 5.91 Å². The second kappa shape index (κ2) is 6.21. The Hall–Kier alpha value is -2.33. The Morgan fingerprint density at radius 2 is 1.90 bits per heavy atom. The third-order valence-corrected chi connectivity index (χ3v) is 2.86. The van der Waals surface area contributed by atoms with Crippen LogP contribution in [0.25, 0.3) is 6.08 Å². The number of nitrogens with one attached hydrogen (secondary N) is 1. The summed E-state index contributed by atoms with van der Waals surface area (Å²) in [5.74, 6) is -0.652. The molecule has 0 atom stereocenters. The van der Waals surface area contributed by atoms with Crippen LogP contribution in [0.4, 0.5) is 15.8 Å². The first-order valence-electron chi connectivity index (χ1n) is 5.84. The van der Waals surface area contributed by atoms with E-state index < -0.39 is 0 Å². The van der Waals surface area contributed by atoms with E-state index in [-0.39, 0.29) is 11.7 Å². The van der Waals surface area contributed by atoms with Gasteiger partial charge in [-0.3, -0.25) is 4.79 Å². The minimum atomic E-state index is -0.332. The van der Waals surface area contributed by atoms with E-state index in [0.29, 0.717) is 16.4 Å². The van der Waals surface area contributed by atoms with Crippen molar-refractivity contribution in [3.63, 3.8) is 0 Å². The molecule has 0 aromatic heterocycles. The van der Waals surface area contributed by atoms with Gasteiger partial charge in [0.25, 0.3) is 0 Å². The van der Waals surface area contributed by atoms with Gasteiger partial charge in [0.05, 0.1) is 10.7 Å². The molecule has 2 rings (SSSR count). The van der Waals surface area contributed by atoms with Crippen LogP contribution in [-0.4, -0.2) is 5.91 Å². The van der Waals surface area contributed by atoms with Crippen LogP contribution in [0.2, 0.25) is 5.02 Å². The van der Waals surface area contributed by atoms with Gasteiger partial charge in [-0.25, -0.2) is 4.39 Å². The molecule has 3 nitrogen and oxygen atoms in total. The van der Waals surface area contributed by atoms with Crippen LogP contribution in [0.5, 0.6) is 0 Å². The van der Waals surface area contributed by atoms with Gasteiger partial charge in [0.15, 0.2) is 0 Å². The Balaban J connectivity index is 2.03. The summed E-state index contributed by atoms with van der Waals surface area (Å²) in [5.41, 5.74) is 7.29. The first-order valence-corrected chi connectivity index (χ1v) is 6.22. The molecule has 0 heterocycles. The van der Waals surface area contributed by atoms with Crippen LogP contribution < -0.4 is 11.1 Å². The van der Waals surface area contributed by atoms with Crippen molar-refractivity contribution < 1.29 is 9.18 Å². The van der Waals surface area contributed by atoms with Crippen LogP contribution in [0.15, 0.2) is 48.5 Å². The number of benzene rings is 2. The van der Waals surface area contributed by atoms with E-state index >= 15 is 0 Å². The van der Waals surface area contributed by atoms with Crippen molar-refractivity contribution in [2.45, 2.75) is 0 Å². The molecule has 0 bridgehead atoms. The van der Waals surface area contributed by atoms with E-state index in [1.165, 1.54) is 18.2 Å². The predicted octanol–water partition coefficient (Wildman–Crippen LogP) is 3.71. The zero-order chi connectivity index (χ0) is 14.5. The SMILES string of the molecule is Nc1ccc(NC(=O)/C=C/c2ccc(F)cc2)c(Cl)c1. The molecule has 0 unspecified atom stereocenters. The van der Waals surface area contributed by atoms with Crippen molar-refractivity contribution in [1.82, 2.24) is 0 Å². The molecule has 2 aromatic rings. The third-order valence-electron chi connectivity index (χ3n) is 2.55. The molecule has 20 heavy (non-hydrogen) atoms. The largest absolute Gasteiger partial charge is 0.399 e. The second-order valence-electron chi connectivity index (χ2n) is 4.11. The Morgan fingerprint density at radius 1 is 1.20 bits per heavy atom. The molecule has 0 aliphatic carbocycles. The molecule has 0 radical (unpaired) electrons. The van der Waals surface area contributed by atoms with Gasteiger partial charge in [-0.05, 0) is 42.0 Å². The first-order chi connectivity index (χ1) is 9.54. The molecule has 0 aliphatic heterocycles. The van der Waals surface area contributed by atoms with Gasteiger partial charge in [-0.2, -0.15) is 0 Å². The maximum Gasteiger partial charge on any atom is 0.248 e. The van der Waals surface area contributed by atoms with E-state index in [1.54, 1.807) is 36.4 Å². The average molecular weight is 291 g/mol. The molecule has 0 saturated carbocycles. The number of carbonyl (C=O) groups is 1. The zero-order valence-corrected chi connectivity index (χ0v) is 11.2. The molecule has 5 heteroatoms. The number of hydrogen-bond donors (Lipinski definition) is 2. The minimum Gasteiger partial charge on any atom is -0.399 e. The predicted molar refractivity (Wildman–Crippen MR) is 79.9 cm³/mol. The lowest BCUT2D eigenvalue weighted by atomic mass is 10.2. The van der Waals surface area contributed by atoms with Crippen LogP contribution in [0, 0.1) is 5.82 Å². The fourth-order valence-corrected chi connectivity index (χ4v) is 1.79. The smallest absolute Gasteiger partial charge is 0.248 e. The highest BCUT2D eigenvalue weighted by Crippen LogP contribution is 2.23. The summed E-state index contributed by atoms with van der Waals surface area (Å²) >= 11 is 5.95. The first kappa shape index (κ1) is 14.1. The van der Waals surface area contributed by atoms with E-state index in [9.17, 15) is 9.18 Å². The van der Waals surface area contributed by atoms with Crippen molar-refractivity contribution >= 4 is 35.0 Å². The van der Waals surface area contributed by atoms with Gasteiger partial charge >= 0.3 is 0 Å². The zero-order valence-electron chi connectivity index (χ0n) is 10.4. The normalized spacial score (nSPS) is 10.7. The molecule has 0 saturated heterocycles. The van der Waals surface area contributed by atoms with E-state index in [0.717, 1.165) is 5.56 Å². The lowest BCUT2D eigenvalue weighted by molar-refractivity contribution is -0.111. The number of anilines is 2. The van der Waals surface area contributed by atoms with Crippen LogP contribution >= 0.6 is 11.6 Å². The van der Waals surface area contributed by atoms with Gasteiger partial charge in [-0.15, -0.1) is 0 Å². The maximum absolute atomic E-state index is 12.7. The van der Waals surface area contributed by atoms with Crippen LogP contribution in [-0.2, 0) is 4.79 Å². The number of carbonyl (C=O) groups excluding carboxylic acids is 1. The highest BCUT2D eigenvalue weighted by molar-refractivity contribution is 6.34. The average Bonchev–Trinajstić information content (AvgIpc) is 2.41. The molecule has 3 N–H and O–H groups in total. The quantitative estimate of drug-likeness (QED) is 0.669. The van der Waals surface area contributed by atoms with Gasteiger partial charge in [-0.1, -0.05) is 23.7 Å². The molecular weight excluding hydrogens is 279 g/mol. The van der Waals surface area contributed by atoms with E-state index in [4.69, 9.17) is 17.3 Å². The van der Waals surface area contributed by atoms with E-state index in [1.807, 2.05) is 0 Å². The number of amides is 1. The van der Waals surface area contributed by atoms with Crippen LogP contribution in [0.1, 0.15) is 5.56 Å². The van der Waals surface area contributed by atoms with Crippen molar-refractivity contribution in [2.24, 2.45) is 0 Å². The summed E-state index contributed by atoms with van der Waals surface area (Å²) < 4.78 is 12.7. The number of rotatable bonds is 3. The fourth-order valence-electron chi connectivity index (χ4n) is 1.55. The molecule has 0 fully saturated rings. The summed E-state index contributed by atoms with van der Waals surface area (Å²) in [6.07, 6.45) is 2.93. The fraction of sp³-hybridized carbons (Fsp3) is 0. The summed E-state index contributed by atoms with van der Waals surface area (Å²) in [6.45, 7) is 0. The number of nitrogen functional groups attached to an aromatic ring is 1. The Labute approximate surface area is 120 Å². The molecule has 1 amide bonds. The van der Waals surface area contributed by atoms with E-state index in [2.05, 4.69) is 5.32 Å². The summed E-state index contributed by atoms with van der Waals surface area (Å²) in [4.78, 5) is 11.7. The number of hydrogen-bond acceptors (Lipinski definition) is 2. The molecule has 2 aromatic carbocycles. The second-order valence-corrected chi connectivity index (χ2v) is 4.52. The highest BCUT2D eigenvalue weighted by atomic mass is 35.5. The minimum absolute atomic E-state index is 0.319. The van der Waals surface area contributed by atoms with Gasteiger partial charge < -0.3 is 11.1 Å². The molecule has 0 aliphatic rings. The Morgan fingerprint density at radius 3 is 2.55 bits per heavy atom. The van der Waals surface area contributed by atoms with Crippen molar-refractivity contribution in [1.29, 1.82) is 0 Å². The number of nitrogens with two attached hydrogens (primary N) is 1. The molecular formula is C15H12ClFN2O. The third kappa shape index (κ3) is 3.83. The van der Waals surface area contributed by atoms with Crippen molar-refractivity contribution in [3.05, 3.63) is 64.9 Å². The lowest BCUT2D eigenvalue weighted by Crippen LogP contribution is -2.08. The number of halogens is 2. The Kier molecular flexibility index (Phi) is 4.38. The standard InChI is InChI=1S/C15H12ClFN2O/c16-13-9-12(18)6-7-14(13)19-15(20)8-3-10-1-4-11(17)5-2-10/h1-9H,18H2,(H,19,20)/b8-3+. The van der Waals surface area contributed by atoms with Gasteiger partial charge in [0.1, 0.15) is 5.82 Å². The van der Waals surface area contributed by atoms with Crippen molar-refractivity contribution in [2.75, 3.05) is 11.1 Å². The van der Waals surface area contributed by atoms with Crippen LogP contribution in [0.3, 0.4) is 0 Å². The maximum atomic E-state index is 12.7. The monoisotopic (exact) mass is 290 g/mol. The summed E-state index contributed by atoms with van der Waals surface area (Å²) in [6, 6.07) is 10.6.